The molecule has 0 atom stereocenters. The monoisotopic (exact) mass is 285 g/mol. The van der Waals surface area contributed by atoms with Crippen molar-refractivity contribution in [1.29, 1.82) is 0 Å². The molecule has 1 aromatic carbocycles. The Morgan fingerprint density at radius 3 is 2.20 bits per heavy atom. The van der Waals surface area contributed by atoms with Gasteiger partial charge in [-0.25, -0.2) is 14.4 Å². The Morgan fingerprint density at radius 1 is 1.05 bits per heavy atom. The topological polar surface area (TPSA) is 51.8 Å². The number of rotatable bonds is 3. The zero-order valence-corrected chi connectivity index (χ0v) is 10.3. The first-order chi connectivity index (χ1) is 9.45. The second kappa shape index (κ2) is 5.54. The molecule has 0 aliphatic heterocycles. The molecular weight excluding hydrogens is 274 g/mol. The van der Waals surface area contributed by atoms with Gasteiger partial charge in [-0.3, -0.25) is 0 Å². The lowest BCUT2D eigenvalue weighted by Crippen LogP contribution is -2.12. The van der Waals surface area contributed by atoms with E-state index in [1.54, 1.807) is 0 Å². The van der Waals surface area contributed by atoms with Crippen LogP contribution >= 0.6 is 0 Å². The van der Waals surface area contributed by atoms with Crippen molar-refractivity contribution in [2.45, 2.75) is 19.4 Å². The third kappa shape index (κ3) is 2.93. The van der Waals surface area contributed by atoms with E-state index < -0.39 is 18.4 Å². The highest BCUT2D eigenvalue weighted by atomic mass is 19.4. The maximum absolute atomic E-state index is 12.7. The molecule has 0 aliphatic rings. The smallest absolute Gasteiger partial charge is 0.326 e. The molecule has 1 aromatic heterocycles. The van der Waals surface area contributed by atoms with Crippen LogP contribution in [-0.2, 0) is 19.4 Å². The van der Waals surface area contributed by atoms with E-state index in [9.17, 15) is 17.6 Å². The molecule has 0 aliphatic carbocycles. The summed E-state index contributed by atoms with van der Waals surface area (Å²) in [5.41, 5.74) is 5.60. The maximum atomic E-state index is 12.7. The molecule has 0 spiro atoms. The molecule has 2 aromatic rings. The van der Waals surface area contributed by atoms with Gasteiger partial charge in [0, 0.05) is 24.5 Å². The summed E-state index contributed by atoms with van der Waals surface area (Å²) >= 11 is 0. The Kier molecular flexibility index (Phi) is 3.99. The van der Waals surface area contributed by atoms with Crippen molar-refractivity contribution in [3.8, 4) is 11.1 Å². The van der Waals surface area contributed by atoms with Gasteiger partial charge in [0.15, 0.2) is 5.82 Å². The standard InChI is InChI=1S/C13H11F4N3/c14-4-12-19-6-10(7-20-12)8-1-2-11(13(15,16)17)9(3-8)5-18/h1-3,6-7H,4-5,18H2. The lowest BCUT2D eigenvalue weighted by atomic mass is 10.0. The fourth-order valence-corrected chi connectivity index (χ4v) is 1.79. The highest BCUT2D eigenvalue weighted by molar-refractivity contribution is 5.63. The van der Waals surface area contributed by atoms with Crippen LogP contribution in [0.2, 0.25) is 0 Å². The second-order valence-corrected chi connectivity index (χ2v) is 4.10. The molecule has 106 valence electrons. The van der Waals surface area contributed by atoms with E-state index >= 15 is 0 Å². The molecule has 20 heavy (non-hydrogen) atoms. The zero-order chi connectivity index (χ0) is 14.8. The zero-order valence-electron chi connectivity index (χ0n) is 10.3. The predicted molar refractivity (Wildman–Crippen MR) is 65.2 cm³/mol. The summed E-state index contributed by atoms with van der Waals surface area (Å²) < 4.78 is 50.5. The number of halogens is 4. The molecule has 0 amide bonds. The van der Waals surface area contributed by atoms with Crippen molar-refractivity contribution in [3.63, 3.8) is 0 Å². The van der Waals surface area contributed by atoms with Gasteiger partial charge in [0.25, 0.3) is 0 Å². The average molecular weight is 285 g/mol. The van der Waals surface area contributed by atoms with E-state index in [0.717, 1.165) is 6.07 Å². The van der Waals surface area contributed by atoms with Crippen molar-refractivity contribution < 1.29 is 17.6 Å². The van der Waals surface area contributed by atoms with Crippen LogP contribution in [0.5, 0.6) is 0 Å². The Balaban J connectivity index is 2.43. The third-order valence-corrected chi connectivity index (χ3v) is 2.79. The number of benzene rings is 1. The lowest BCUT2D eigenvalue weighted by Gasteiger charge is -2.13. The fraction of sp³-hybridized carbons (Fsp3) is 0.231. The maximum Gasteiger partial charge on any atom is 0.416 e. The first kappa shape index (κ1) is 14.4. The largest absolute Gasteiger partial charge is 0.416 e. The summed E-state index contributed by atoms with van der Waals surface area (Å²) in [7, 11) is 0. The van der Waals surface area contributed by atoms with Crippen LogP contribution in [0.3, 0.4) is 0 Å². The van der Waals surface area contributed by atoms with Crippen LogP contribution in [0.1, 0.15) is 17.0 Å². The molecule has 2 N–H and O–H groups in total. The van der Waals surface area contributed by atoms with Gasteiger partial charge < -0.3 is 5.73 Å². The van der Waals surface area contributed by atoms with Gasteiger partial charge in [0.05, 0.1) is 5.56 Å². The molecule has 0 unspecified atom stereocenters. The van der Waals surface area contributed by atoms with Gasteiger partial charge in [-0.05, 0) is 23.3 Å². The minimum absolute atomic E-state index is 0.00966. The molecule has 0 saturated heterocycles. The predicted octanol–water partition coefficient (Wildman–Crippen LogP) is 3.09. The van der Waals surface area contributed by atoms with Crippen LogP contribution in [0.25, 0.3) is 11.1 Å². The summed E-state index contributed by atoms with van der Waals surface area (Å²) in [6.07, 6.45) is -1.71. The average Bonchev–Trinajstić information content (AvgIpc) is 2.45. The molecule has 2 rings (SSSR count). The van der Waals surface area contributed by atoms with Crippen molar-refractivity contribution in [2.75, 3.05) is 0 Å². The SMILES string of the molecule is NCc1cc(-c2cnc(CF)nc2)ccc1C(F)(F)F. The number of hydrogen-bond acceptors (Lipinski definition) is 3. The van der Waals surface area contributed by atoms with Gasteiger partial charge in [-0.15, -0.1) is 0 Å². The molecule has 0 saturated carbocycles. The first-order valence-corrected chi connectivity index (χ1v) is 5.73. The summed E-state index contributed by atoms with van der Waals surface area (Å²) in [5, 5.41) is 0. The van der Waals surface area contributed by atoms with Gasteiger partial charge in [-0.2, -0.15) is 13.2 Å². The van der Waals surface area contributed by atoms with Gasteiger partial charge in [0.1, 0.15) is 6.67 Å². The van der Waals surface area contributed by atoms with Gasteiger partial charge in [0.2, 0.25) is 0 Å². The Hall–Kier alpha value is -2.02. The Morgan fingerprint density at radius 2 is 1.70 bits per heavy atom. The van der Waals surface area contributed by atoms with Crippen LogP contribution in [-0.4, -0.2) is 9.97 Å². The Labute approximate surface area is 112 Å². The molecule has 7 heteroatoms. The normalized spacial score (nSPS) is 11.7. The molecule has 0 fully saturated rings. The van der Waals surface area contributed by atoms with E-state index in [1.165, 1.54) is 24.5 Å². The van der Waals surface area contributed by atoms with E-state index in [0.29, 0.717) is 11.1 Å². The lowest BCUT2D eigenvalue weighted by molar-refractivity contribution is -0.138. The number of hydrogen-bond donors (Lipinski definition) is 1. The summed E-state index contributed by atoms with van der Waals surface area (Å²) in [6, 6.07) is 3.63. The van der Waals surface area contributed by atoms with E-state index in [4.69, 9.17) is 5.73 Å². The van der Waals surface area contributed by atoms with Crippen molar-refractivity contribution >= 4 is 0 Å². The molecule has 1 heterocycles. The highest BCUT2D eigenvalue weighted by Gasteiger charge is 2.32. The molecule has 3 nitrogen and oxygen atoms in total. The summed E-state index contributed by atoms with van der Waals surface area (Å²) in [4.78, 5) is 7.52. The second-order valence-electron chi connectivity index (χ2n) is 4.10. The first-order valence-electron chi connectivity index (χ1n) is 5.73. The molecule has 0 bridgehead atoms. The van der Waals surface area contributed by atoms with Crippen molar-refractivity contribution in [2.24, 2.45) is 5.73 Å². The number of aromatic nitrogens is 2. The van der Waals surface area contributed by atoms with E-state index in [1.807, 2.05) is 0 Å². The number of nitrogens with two attached hydrogens (primary N) is 1. The number of nitrogens with zero attached hydrogens (tertiary/aromatic N) is 2. The third-order valence-electron chi connectivity index (χ3n) is 2.79. The summed E-state index contributed by atoms with van der Waals surface area (Å²) in [5.74, 6) is 0.0275. The van der Waals surface area contributed by atoms with Gasteiger partial charge >= 0.3 is 6.18 Å². The number of alkyl halides is 4. The highest BCUT2D eigenvalue weighted by Crippen LogP contribution is 2.34. The Bertz CT molecular complexity index is 594. The molecular formula is C13H11F4N3. The van der Waals surface area contributed by atoms with E-state index in [2.05, 4.69) is 9.97 Å². The van der Waals surface area contributed by atoms with E-state index in [-0.39, 0.29) is 17.9 Å². The minimum atomic E-state index is -4.44. The van der Waals surface area contributed by atoms with Crippen LogP contribution < -0.4 is 5.73 Å². The minimum Gasteiger partial charge on any atom is -0.326 e. The van der Waals surface area contributed by atoms with Crippen LogP contribution in [0.15, 0.2) is 30.6 Å². The van der Waals surface area contributed by atoms with Crippen LogP contribution in [0.4, 0.5) is 17.6 Å². The molecule has 0 radical (unpaired) electrons. The summed E-state index contributed by atoms with van der Waals surface area (Å²) in [6.45, 7) is -1.02. The fourth-order valence-electron chi connectivity index (χ4n) is 1.79. The van der Waals surface area contributed by atoms with Crippen molar-refractivity contribution in [3.05, 3.63) is 47.5 Å². The van der Waals surface area contributed by atoms with Crippen molar-refractivity contribution in [1.82, 2.24) is 9.97 Å². The van der Waals surface area contributed by atoms with Gasteiger partial charge in [-0.1, -0.05) is 6.07 Å². The van der Waals surface area contributed by atoms with Crippen LogP contribution in [0, 0.1) is 0 Å². The quantitative estimate of drug-likeness (QED) is 0.882.